The SMILES string of the molecule is [C-]#[N+]c1ccc2c(c1)c1cc(C(C)(C)C)ccc1n2-c1ccc2c(c1)N(c1c(-c3ccccc3)cc(C(C)(C)C)cc1-c1ccccc1)c1cc(C)cc3c1B2c1ccc(-n2c4ccc(C#N)cc4c4cc(C(C)(C)C)ccc42)cc1N3c1c(-c2ccccc2)cc(C(C)(C)C)cc1-c1ccccc1. The molecule has 2 aliphatic heterocycles. The van der Waals surface area contributed by atoms with Crippen molar-refractivity contribution >= 4 is 107 Å². The average Bonchev–Trinajstić information content (AvgIpc) is 0.784. The molecule has 104 heavy (non-hydrogen) atoms. The van der Waals surface area contributed by atoms with Gasteiger partial charge in [0.25, 0.3) is 6.71 Å². The van der Waals surface area contributed by atoms with Gasteiger partial charge in [-0.2, -0.15) is 5.26 Å². The zero-order valence-corrected chi connectivity index (χ0v) is 61.7. The molecular formula is C97H83BN6. The summed E-state index contributed by atoms with van der Waals surface area (Å²) in [5, 5.41) is 14.9. The first kappa shape index (κ1) is 65.4. The lowest BCUT2D eigenvalue weighted by atomic mass is 9.33. The number of anilines is 6. The molecule has 0 fully saturated rings. The molecular weight excluding hydrogens is 1260 g/mol. The largest absolute Gasteiger partial charge is 0.310 e. The van der Waals surface area contributed by atoms with E-state index >= 15 is 0 Å². The van der Waals surface area contributed by atoms with Crippen molar-refractivity contribution in [1.29, 1.82) is 5.26 Å². The summed E-state index contributed by atoms with van der Waals surface area (Å²) >= 11 is 0. The van der Waals surface area contributed by atoms with Crippen LogP contribution in [-0.2, 0) is 21.7 Å². The Hall–Kier alpha value is -11.9. The smallest absolute Gasteiger partial charge is 0.252 e. The third-order valence-electron chi connectivity index (χ3n) is 21.9. The molecule has 13 aromatic carbocycles. The minimum Gasteiger partial charge on any atom is -0.310 e. The second-order valence-corrected chi connectivity index (χ2v) is 32.9. The number of fused-ring (bicyclic) bond motifs is 10. The van der Waals surface area contributed by atoms with Crippen LogP contribution in [0.5, 0.6) is 0 Å². The van der Waals surface area contributed by atoms with E-state index in [1.165, 1.54) is 38.6 Å². The molecule has 2 aliphatic rings. The molecule has 0 bridgehead atoms. The molecule has 0 atom stereocenters. The molecule has 4 heterocycles. The number of hydrogen-bond acceptors (Lipinski definition) is 3. The van der Waals surface area contributed by atoms with Crippen molar-refractivity contribution in [3.8, 4) is 62.0 Å². The molecule has 0 saturated carbocycles. The normalized spacial score (nSPS) is 13.0. The second kappa shape index (κ2) is 24.1. The van der Waals surface area contributed by atoms with E-state index in [4.69, 9.17) is 6.57 Å². The number of rotatable bonds is 8. The third-order valence-corrected chi connectivity index (χ3v) is 21.9. The zero-order valence-electron chi connectivity index (χ0n) is 61.7. The first-order valence-electron chi connectivity index (χ1n) is 36.5. The van der Waals surface area contributed by atoms with E-state index in [1.54, 1.807) is 0 Å². The van der Waals surface area contributed by atoms with Crippen LogP contribution in [0, 0.1) is 24.8 Å². The van der Waals surface area contributed by atoms with Crippen molar-refractivity contribution in [3.05, 3.63) is 312 Å². The molecule has 0 aliphatic carbocycles. The van der Waals surface area contributed by atoms with Crippen LogP contribution < -0.4 is 26.2 Å². The Labute approximate surface area is 612 Å². The fourth-order valence-electron chi connectivity index (χ4n) is 16.5. The summed E-state index contributed by atoms with van der Waals surface area (Å²) in [7, 11) is 0. The Morgan fingerprint density at radius 1 is 0.346 bits per heavy atom. The molecule has 0 N–H and O–H groups in total. The molecule has 0 spiro atoms. The Morgan fingerprint density at radius 3 is 1.05 bits per heavy atom. The van der Waals surface area contributed by atoms with Gasteiger partial charge >= 0.3 is 0 Å². The average molecular weight is 1340 g/mol. The molecule has 17 rings (SSSR count). The van der Waals surface area contributed by atoms with E-state index in [0.29, 0.717) is 11.3 Å². The summed E-state index contributed by atoms with van der Waals surface area (Å²) in [5.41, 5.74) is 32.1. The van der Waals surface area contributed by atoms with Gasteiger partial charge in [-0.1, -0.05) is 235 Å². The van der Waals surface area contributed by atoms with Gasteiger partial charge in [-0.15, -0.1) is 0 Å². The van der Waals surface area contributed by atoms with Gasteiger partial charge in [-0.05, 0) is 216 Å². The highest BCUT2D eigenvalue weighted by Gasteiger charge is 2.46. The third kappa shape index (κ3) is 10.7. The van der Waals surface area contributed by atoms with Gasteiger partial charge < -0.3 is 18.9 Å². The molecule has 0 radical (unpaired) electrons. The first-order chi connectivity index (χ1) is 49.9. The van der Waals surface area contributed by atoms with Crippen LogP contribution in [-0.4, -0.2) is 15.8 Å². The Bertz CT molecular complexity index is 5620. The van der Waals surface area contributed by atoms with Crippen LogP contribution in [0.15, 0.2) is 267 Å². The summed E-state index contributed by atoms with van der Waals surface area (Å²) < 4.78 is 4.87. The summed E-state index contributed by atoms with van der Waals surface area (Å²) in [4.78, 5) is 9.33. The fraction of sp³-hybridized carbons (Fsp3) is 0.175. The van der Waals surface area contributed by atoms with Gasteiger partial charge in [0, 0.05) is 72.5 Å². The van der Waals surface area contributed by atoms with E-state index in [1.807, 2.05) is 12.1 Å². The van der Waals surface area contributed by atoms with Crippen molar-refractivity contribution in [3.63, 3.8) is 0 Å². The predicted molar refractivity (Wildman–Crippen MR) is 441 cm³/mol. The van der Waals surface area contributed by atoms with Crippen molar-refractivity contribution < 1.29 is 0 Å². The highest BCUT2D eigenvalue weighted by atomic mass is 15.2. The van der Waals surface area contributed by atoms with Gasteiger partial charge in [-0.3, -0.25) is 0 Å². The number of benzene rings is 13. The lowest BCUT2D eigenvalue weighted by Crippen LogP contribution is -2.61. The zero-order chi connectivity index (χ0) is 72.0. The molecule has 6 nitrogen and oxygen atoms in total. The molecule has 15 aromatic rings. The maximum absolute atomic E-state index is 10.5. The van der Waals surface area contributed by atoms with Gasteiger partial charge in [0.2, 0.25) is 0 Å². The minimum atomic E-state index is -0.288. The second-order valence-electron chi connectivity index (χ2n) is 32.9. The lowest BCUT2D eigenvalue weighted by Gasteiger charge is -2.46. The number of aromatic nitrogens is 2. The Morgan fingerprint density at radius 2 is 0.692 bits per heavy atom. The van der Waals surface area contributed by atoms with Crippen molar-refractivity contribution in [1.82, 2.24) is 9.13 Å². The van der Waals surface area contributed by atoms with E-state index in [9.17, 15) is 5.26 Å². The quantitative estimate of drug-likeness (QED) is 0.112. The Kier molecular flexibility index (Phi) is 15.2. The Balaban J connectivity index is 1.05. The molecule has 0 saturated heterocycles. The maximum atomic E-state index is 10.5. The lowest BCUT2D eigenvalue weighted by molar-refractivity contribution is 0.590. The fourth-order valence-corrected chi connectivity index (χ4v) is 16.5. The van der Waals surface area contributed by atoms with Crippen LogP contribution in [0.4, 0.5) is 39.8 Å². The topological polar surface area (TPSA) is 44.5 Å². The van der Waals surface area contributed by atoms with E-state index < -0.39 is 0 Å². The van der Waals surface area contributed by atoms with Crippen LogP contribution in [0.25, 0.3) is 104 Å². The molecule has 504 valence electrons. The maximum Gasteiger partial charge on any atom is 0.252 e. The van der Waals surface area contributed by atoms with Crippen LogP contribution >= 0.6 is 0 Å². The van der Waals surface area contributed by atoms with E-state index in [2.05, 4.69) is 375 Å². The van der Waals surface area contributed by atoms with Gasteiger partial charge in [0.15, 0.2) is 5.69 Å². The van der Waals surface area contributed by atoms with Crippen molar-refractivity contribution in [2.24, 2.45) is 0 Å². The van der Waals surface area contributed by atoms with Gasteiger partial charge in [-0.25, -0.2) is 4.85 Å². The minimum absolute atomic E-state index is 0.109. The highest BCUT2D eigenvalue weighted by Crippen LogP contribution is 2.55. The van der Waals surface area contributed by atoms with Gasteiger partial charge in [0.1, 0.15) is 0 Å². The van der Waals surface area contributed by atoms with Crippen LogP contribution in [0.1, 0.15) is 116 Å². The number of nitrogens with zero attached hydrogens (tertiary/aromatic N) is 6. The molecule has 0 amide bonds. The molecule has 2 aromatic heterocycles. The number of nitriles is 1. The predicted octanol–water partition coefficient (Wildman–Crippen LogP) is 24.6. The number of hydrogen-bond donors (Lipinski definition) is 0. The number of aryl methyl sites for hydroxylation is 1. The summed E-state index contributed by atoms with van der Waals surface area (Å²) in [6.07, 6.45) is 0. The standard InChI is InChI=1S/C97H83BN6/c1-60-47-89-91-90(48-60)104(93-75(64-31-23-17-24-32-64)54-69(97(11,12)13)55-76(93)65-33-25-18-26-34-65)88-58-72(102-85-45-37-67(95(5,6)7)51-79(85)80-56-70(100-14)38-46-86(80)102)40-42-82(88)98(91)81-41-39-71(101-83-43-35-61(59-99)49-77(83)78-50-66(94(2,3)4)36-44-84(78)101)57-87(81)103(89)92-73(62-27-19-15-20-28-62)52-68(96(8,9)10)53-74(92)63-29-21-16-22-30-63/h15-58H,1-13H3. The monoisotopic (exact) mass is 1340 g/mol. The van der Waals surface area contributed by atoms with Crippen LogP contribution in [0.2, 0.25) is 0 Å². The van der Waals surface area contributed by atoms with Crippen molar-refractivity contribution in [2.45, 2.75) is 112 Å². The summed E-state index contributed by atoms with van der Waals surface area (Å²) in [6, 6.07) is 102. The molecule has 0 unspecified atom stereocenters. The van der Waals surface area contributed by atoms with Crippen LogP contribution in [0.3, 0.4) is 0 Å². The summed E-state index contributed by atoms with van der Waals surface area (Å²) in [5.74, 6) is 0. The van der Waals surface area contributed by atoms with E-state index in [0.717, 1.165) is 139 Å². The van der Waals surface area contributed by atoms with Crippen molar-refractivity contribution in [2.75, 3.05) is 9.80 Å². The highest BCUT2D eigenvalue weighted by molar-refractivity contribution is 7.00. The van der Waals surface area contributed by atoms with Gasteiger partial charge in [0.05, 0.1) is 51.6 Å². The molecule has 7 heteroatoms. The van der Waals surface area contributed by atoms with E-state index in [-0.39, 0.29) is 28.4 Å². The summed E-state index contributed by atoms with van der Waals surface area (Å²) in [6.45, 7) is 37.9. The first-order valence-corrected chi connectivity index (χ1v) is 36.5.